The zero-order chi connectivity index (χ0) is 14.9. The average Bonchev–Trinajstić information content (AvgIpc) is 2.94. The van der Waals surface area contributed by atoms with E-state index in [1.165, 1.54) is 0 Å². The highest BCUT2D eigenvalue weighted by Gasteiger charge is 2.43. The van der Waals surface area contributed by atoms with Gasteiger partial charge in [0.2, 0.25) is 5.91 Å². The van der Waals surface area contributed by atoms with E-state index in [0.29, 0.717) is 6.04 Å². The smallest absolute Gasteiger partial charge is 0.326 e. The van der Waals surface area contributed by atoms with Crippen LogP contribution in [0.25, 0.3) is 0 Å². The van der Waals surface area contributed by atoms with E-state index in [1.54, 1.807) is 0 Å². The summed E-state index contributed by atoms with van der Waals surface area (Å²) >= 11 is 0. The van der Waals surface area contributed by atoms with E-state index >= 15 is 0 Å². The van der Waals surface area contributed by atoms with E-state index in [2.05, 4.69) is 10.6 Å². The molecule has 0 aromatic carbocycles. The van der Waals surface area contributed by atoms with Crippen molar-refractivity contribution in [3.63, 3.8) is 0 Å². The monoisotopic (exact) mass is 304 g/mol. The summed E-state index contributed by atoms with van der Waals surface area (Å²) in [6.07, 6.45) is 3.67. The largest absolute Gasteiger partial charge is 0.480 e. The molecule has 0 aromatic heterocycles. The van der Waals surface area contributed by atoms with Gasteiger partial charge >= 0.3 is 5.97 Å². The van der Waals surface area contributed by atoms with Gasteiger partial charge in [-0.3, -0.25) is 4.79 Å². The summed E-state index contributed by atoms with van der Waals surface area (Å²) in [4.78, 5) is 23.2. The Balaban J connectivity index is 1.91. The van der Waals surface area contributed by atoms with Gasteiger partial charge in [-0.2, -0.15) is 0 Å². The maximum Gasteiger partial charge on any atom is 0.326 e. The van der Waals surface area contributed by atoms with Crippen molar-refractivity contribution in [2.45, 2.75) is 43.8 Å². The van der Waals surface area contributed by atoms with E-state index < -0.39 is 21.8 Å². The van der Waals surface area contributed by atoms with Gasteiger partial charge in [0.25, 0.3) is 0 Å². The number of amides is 1. The molecule has 0 radical (unpaired) electrons. The summed E-state index contributed by atoms with van der Waals surface area (Å²) in [6.45, 7) is 0. The molecule has 2 bridgehead atoms. The van der Waals surface area contributed by atoms with Gasteiger partial charge < -0.3 is 15.7 Å². The fraction of sp³-hybridized carbons (Fsp3) is 0.833. The third kappa shape index (κ3) is 3.69. The molecule has 0 spiro atoms. The van der Waals surface area contributed by atoms with Gasteiger partial charge in [0, 0.05) is 18.3 Å². The van der Waals surface area contributed by atoms with Crippen molar-refractivity contribution >= 4 is 21.7 Å². The highest BCUT2D eigenvalue weighted by atomic mass is 32.2. The Morgan fingerprint density at radius 2 is 2.10 bits per heavy atom. The normalized spacial score (nSPS) is 30.1. The Morgan fingerprint density at radius 1 is 1.40 bits per heavy atom. The van der Waals surface area contributed by atoms with Crippen LogP contribution in [0.15, 0.2) is 0 Å². The number of hydrogen-bond acceptors (Lipinski definition) is 5. The standard InChI is InChI=1S/C12H20N2O5S/c1-20(18,19)5-4-10(12(16)17)14-11(15)8-6-7-2-3-9(8)13-7/h7-10,13H,2-6H2,1H3,(H,14,15)(H,16,17). The minimum absolute atomic E-state index is 0.103. The minimum Gasteiger partial charge on any atom is -0.480 e. The second-order valence-corrected chi connectivity index (χ2v) is 7.97. The van der Waals surface area contributed by atoms with Crippen LogP contribution in [0.3, 0.4) is 0 Å². The lowest BCUT2D eigenvalue weighted by molar-refractivity contribution is -0.142. The molecule has 7 nitrogen and oxygen atoms in total. The van der Waals surface area contributed by atoms with E-state index in [4.69, 9.17) is 5.11 Å². The fourth-order valence-electron chi connectivity index (χ4n) is 2.98. The molecule has 114 valence electrons. The first-order chi connectivity index (χ1) is 9.26. The summed E-state index contributed by atoms with van der Waals surface area (Å²) in [7, 11) is -3.24. The molecule has 4 unspecified atom stereocenters. The number of hydrogen-bond donors (Lipinski definition) is 3. The summed E-state index contributed by atoms with van der Waals surface area (Å²) < 4.78 is 22.2. The van der Waals surface area contributed by atoms with Crippen molar-refractivity contribution < 1.29 is 23.1 Å². The Morgan fingerprint density at radius 3 is 2.55 bits per heavy atom. The van der Waals surface area contributed by atoms with Crippen LogP contribution in [0.5, 0.6) is 0 Å². The number of carboxylic acid groups (broad SMARTS) is 1. The van der Waals surface area contributed by atoms with E-state index in [0.717, 1.165) is 25.5 Å². The Labute approximate surface area is 118 Å². The molecule has 1 amide bonds. The van der Waals surface area contributed by atoms with Crippen LogP contribution in [0.4, 0.5) is 0 Å². The molecule has 2 aliphatic rings. The van der Waals surface area contributed by atoms with E-state index in [9.17, 15) is 18.0 Å². The number of sulfone groups is 1. The van der Waals surface area contributed by atoms with Crippen LogP contribution >= 0.6 is 0 Å². The maximum atomic E-state index is 12.1. The van der Waals surface area contributed by atoms with Gasteiger partial charge in [0.1, 0.15) is 15.9 Å². The summed E-state index contributed by atoms with van der Waals surface area (Å²) in [5.74, 6) is -1.93. The minimum atomic E-state index is -3.24. The topological polar surface area (TPSA) is 113 Å². The second kappa shape index (κ2) is 5.69. The molecule has 2 rings (SSSR count). The number of fused-ring (bicyclic) bond motifs is 2. The molecule has 2 aliphatic heterocycles. The molecular weight excluding hydrogens is 284 g/mol. The molecule has 0 aromatic rings. The number of rotatable bonds is 6. The molecule has 0 aliphatic carbocycles. The molecule has 4 atom stereocenters. The van der Waals surface area contributed by atoms with Crippen molar-refractivity contribution in [2.24, 2.45) is 5.92 Å². The number of carbonyl (C=O) groups excluding carboxylic acids is 1. The lowest BCUT2D eigenvalue weighted by Gasteiger charge is -2.22. The van der Waals surface area contributed by atoms with Gasteiger partial charge in [0.05, 0.1) is 11.7 Å². The third-order valence-electron chi connectivity index (χ3n) is 4.03. The van der Waals surface area contributed by atoms with Crippen LogP contribution in [0, 0.1) is 5.92 Å². The van der Waals surface area contributed by atoms with Crippen LogP contribution in [0.2, 0.25) is 0 Å². The summed E-state index contributed by atoms with van der Waals surface area (Å²) in [5, 5.41) is 14.9. The number of carbonyl (C=O) groups is 2. The first kappa shape index (κ1) is 15.2. The SMILES string of the molecule is CS(=O)(=O)CCC(NC(=O)C1CC2CCC1N2)C(=O)O. The Bertz CT molecular complexity index is 504. The zero-order valence-corrected chi connectivity index (χ0v) is 12.1. The fourth-order valence-corrected chi connectivity index (χ4v) is 3.65. The number of aliphatic carboxylic acids is 1. The van der Waals surface area contributed by atoms with Crippen LogP contribution < -0.4 is 10.6 Å². The quantitative estimate of drug-likeness (QED) is 0.588. The van der Waals surface area contributed by atoms with Crippen molar-refractivity contribution in [3.8, 4) is 0 Å². The van der Waals surface area contributed by atoms with Gasteiger partial charge in [-0.1, -0.05) is 0 Å². The molecule has 8 heteroatoms. The Hall–Kier alpha value is -1.15. The second-order valence-electron chi connectivity index (χ2n) is 5.71. The van der Waals surface area contributed by atoms with Crippen molar-refractivity contribution in [1.82, 2.24) is 10.6 Å². The molecule has 2 fully saturated rings. The summed E-state index contributed by atoms with van der Waals surface area (Å²) in [5.41, 5.74) is 0. The number of carboxylic acids is 1. The Kier molecular flexibility index (Phi) is 4.33. The highest BCUT2D eigenvalue weighted by molar-refractivity contribution is 7.90. The lowest BCUT2D eigenvalue weighted by atomic mass is 9.88. The molecule has 2 heterocycles. The number of nitrogens with one attached hydrogen (secondary N) is 2. The molecule has 20 heavy (non-hydrogen) atoms. The van der Waals surface area contributed by atoms with Crippen LogP contribution in [-0.4, -0.2) is 55.5 Å². The zero-order valence-electron chi connectivity index (χ0n) is 11.3. The first-order valence-electron chi connectivity index (χ1n) is 6.73. The van der Waals surface area contributed by atoms with Crippen LogP contribution in [-0.2, 0) is 19.4 Å². The lowest BCUT2D eigenvalue weighted by Crippen LogP contribution is -2.46. The molecule has 0 saturated carbocycles. The van der Waals surface area contributed by atoms with Crippen LogP contribution in [0.1, 0.15) is 25.7 Å². The van der Waals surface area contributed by atoms with Crippen molar-refractivity contribution in [2.75, 3.05) is 12.0 Å². The van der Waals surface area contributed by atoms with E-state index in [-0.39, 0.29) is 30.0 Å². The summed E-state index contributed by atoms with van der Waals surface area (Å²) in [6, 6.07) is -0.657. The van der Waals surface area contributed by atoms with E-state index in [1.807, 2.05) is 0 Å². The van der Waals surface area contributed by atoms with Crippen molar-refractivity contribution in [1.29, 1.82) is 0 Å². The average molecular weight is 304 g/mol. The molecule has 2 saturated heterocycles. The third-order valence-corrected chi connectivity index (χ3v) is 5.01. The molecule has 3 N–H and O–H groups in total. The maximum absolute atomic E-state index is 12.1. The predicted molar refractivity (Wildman–Crippen MR) is 71.9 cm³/mol. The van der Waals surface area contributed by atoms with Gasteiger partial charge in [0.15, 0.2) is 0 Å². The predicted octanol–water partition coefficient (Wildman–Crippen LogP) is -0.869. The van der Waals surface area contributed by atoms with Gasteiger partial charge in [-0.25, -0.2) is 13.2 Å². The molecular formula is C12H20N2O5S. The van der Waals surface area contributed by atoms with Gasteiger partial charge in [-0.15, -0.1) is 0 Å². The first-order valence-corrected chi connectivity index (χ1v) is 8.79. The van der Waals surface area contributed by atoms with Crippen molar-refractivity contribution in [3.05, 3.63) is 0 Å². The van der Waals surface area contributed by atoms with Gasteiger partial charge in [-0.05, 0) is 25.7 Å². The highest BCUT2D eigenvalue weighted by Crippen LogP contribution is 2.33.